The van der Waals surface area contributed by atoms with Crippen LogP contribution in [0.3, 0.4) is 0 Å². The highest BCUT2D eigenvalue weighted by molar-refractivity contribution is 5.82. The zero-order chi connectivity index (χ0) is 19.6. The Balaban J connectivity index is 2.65. The first kappa shape index (κ1) is 21.2. The van der Waals surface area contributed by atoms with Gasteiger partial charge >= 0.3 is 18.0 Å². The van der Waals surface area contributed by atoms with Gasteiger partial charge in [0.1, 0.15) is 12.2 Å². The summed E-state index contributed by atoms with van der Waals surface area (Å²) in [4.78, 5) is 35.2. The Labute approximate surface area is 153 Å². The summed E-state index contributed by atoms with van der Waals surface area (Å²) in [6, 6.07) is 8.40. The molecule has 0 spiro atoms. The lowest BCUT2D eigenvalue weighted by molar-refractivity contribution is -0.155. The first-order valence-corrected chi connectivity index (χ1v) is 8.15. The third-order valence-electron chi connectivity index (χ3n) is 2.99. The van der Waals surface area contributed by atoms with Crippen molar-refractivity contribution in [2.24, 2.45) is 0 Å². The summed E-state index contributed by atoms with van der Waals surface area (Å²) in [5, 5.41) is 2.53. The van der Waals surface area contributed by atoms with E-state index >= 15 is 0 Å². The predicted octanol–water partition coefficient (Wildman–Crippen LogP) is 2.74. The van der Waals surface area contributed by atoms with Crippen molar-refractivity contribution < 1.29 is 28.6 Å². The van der Waals surface area contributed by atoms with E-state index in [9.17, 15) is 14.4 Å². The van der Waals surface area contributed by atoms with Gasteiger partial charge in [-0.15, -0.1) is 0 Å². The summed E-state index contributed by atoms with van der Waals surface area (Å²) in [6.07, 6.45) is 1.63. The van der Waals surface area contributed by atoms with Gasteiger partial charge in [0.25, 0.3) is 0 Å². The maximum absolute atomic E-state index is 12.0. The summed E-state index contributed by atoms with van der Waals surface area (Å²) in [6.45, 7) is 5.32. The van der Waals surface area contributed by atoms with E-state index in [1.807, 2.05) is 30.3 Å². The van der Waals surface area contributed by atoms with Gasteiger partial charge in [-0.25, -0.2) is 9.59 Å². The van der Waals surface area contributed by atoms with Crippen molar-refractivity contribution in [3.8, 4) is 0 Å². The number of alkyl carbamates (subject to hydrolysis) is 1. The minimum Gasteiger partial charge on any atom is -0.466 e. The molecule has 0 aliphatic rings. The number of carbonyl (C=O) groups excluding carboxylic acids is 3. The second kappa shape index (κ2) is 10.2. The van der Waals surface area contributed by atoms with Gasteiger partial charge in [-0.3, -0.25) is 4.79 Å². The van der Waals surface area contributed by atoms with Crippen LogP contribution in [-0.2, 0) is 30.4 Å². The largest absolute Gasteiger partial charge is 0.466 e. The van der Waals surface area contributed by atoms with Crippen molar-refractivity contribution in [2.75, 3.05) is 7.11 Å². The predicted molar refractivity (Wildman–Crippen MR) is 95.2 cm³/mol. The zero-order valence-electron chi connectivity index (χ0n) is 15.5. The van der Waals surface area contributed by atoms with Gasteiger partial charge in [-0.05, 0) is 26.3 Å². The molecule has 1 amide bonds. The normalized spacial score (nSPS) is 12.3. The van der Waals surface area contributed by atoms with Gasteiger partial charge in [0, 0.05) is 6.08 Å². The third kappa shape index (κ3) is 9.46. The molecular weight excluding hydrogens is 338 g/mol. The Morgan fingerprint density at radius 2 is 1.81 bits per heavy atom. The van der Waals surface area contributed by atoms with E-state index < -0.39 is 29.7 Å². The highest BCUT2D eigenvalue weighted by Gasteiger charge is 2.21. The van der Waals surface area contributed by atoms with E-state index in [4.69, 9.17) is 9.47 Å². The Hall–Kier alpha value is -2.83. The van der Waals surface area contributed by atoms with Crippen LogP contribution in [0.5, 0.6) is 0 Å². The minimum atomic E-state index is -0.771. The number of methoxy groups -OCH3 is 1. The van der Waals surface area contributed by atoms with E-state index in [1.54, 1.807) is 20.8 Å². The molecule has 0 fully saturated rings. The van der Waals surface area contributed by atoms with E-state index in [2.05, 4.69) is 10.1 Å². The van der Waals surface area contributed by atoms with Gasteiger partial charge in [0.2, 0.25) is 0 Å². The number of benzene rings is 1. The molecule has 1 rings (SSSR count). The second-order valence-electron chi connectivity index (χ2n) is 6.49. The molecule has 7 heteroatoms. The Morgan fingerprint density at radius 3 is 2.38 bits per heavy atom. The van der Waals surface area contributed by atoms with Crippen molar-refractivity contribution >= 4 is 18.0 Å². The van der Waals surface area contributed by atoms with Crippen LogP contribution in [0.25, 0.3) is 0 Å². The van der Waals surface area contributed by atoms with Crippen LogP contribution in [0.4, 0.5) is 4.79 Å². The SMILES string of the molecule is COC(=O)/C=C/[C@H](CC(=O)OC(C)(C)C)NC(=O)OCc1ccccc1. The number of esters is 2. The molecule has 1 aromatic carbocycles. The van der Waals surface area contributed by atoms with Crippen LogP contribution in [0.2, 0.25) is 0 Å². The summed E-state index contributed by atoms with van der Waals surface area (Å²) < 4.78 is 14.9. The molecular formula is C19H25NO6. The Bertz CT molecular complexity index is 633. The Kier molecular flexibility index (Phi) is 8.34. The highest BCUT2D eigenvalue weighted by Crippen LogP contribution is 2.10. The van der Waals surface area contributed by atoms with E-state index in [0.717, 1.165) is 11.6 Å². The first-order chi connectivity index (χ1) is 12.2. The number of rotatable bonds is 7. The Morgan fingerprint density at radius 1 is 1.15 bits per heavy atom. The maximum Gasteiger partial charge on any atom is 0.407 e. The summed E-state index contributed by atoms with van der Waals surface area (Å²) in [7, 11) is 1.23. The van der Waals surface area contributed by atoms with Crippen LogP contribution in [-0.4, -0.2) is 36.8 Å². The van der Waals surface area contributed by atoms with Crippen LogP contribution in [0, 0.1) is 0 Å². The van der Waals surface area contributed by atoms with Crippen molar-refractivity contribution in [2.45, 2.75) is 45.4 Å². The molecule has 0 aliphatic carbocycles. The highest BCUT2D eigenvalue weighted by atomic mass is 16.6. The molecule has 7 nitrogen and oxygen atoms in total. The lowest BCUT2D eigenvalue weighted by Gasteiger charge is -2.21. The molecule has 1 atom stereocenters. The van der Waals surface area contributed by atoms with Crippen LogP contribution < -0.4 is 5.32 Å². The fourth-order valence-corrected chi connectivity index (χ4v) is 1.91. The van der Waals surface area contributed by atoms with Crippen molar-refractivity contribution in [1.29, 1.82) is 0 Å². The van der Waals surface area contributed by atoms with Gasteiger partial charge in [0.05, 0.1) is 19.6 Å². The number of hydrogen-bond acceptors (Lipinski definition) is 6. The van der Waals surface area contributed by atoms with E-state index in [-0.39, 0.29) is 13.0 Å². The number of ether oxygens (including phenoxy) is 3. The molecule has 0 aliphatic heterocycles. The topological polar surface area (TPSA) is 90.9 Å². The number of amides is 1. The molecule has 0 heterocycles. The quantitative estimate of drug-likeness (QED) is 0.455. The second-order valence-corrected chi connectivity index (χ2v) is 6.49. The molecule has 0 unspecified atom stereocenters. The molecule has 1 N–H and O–H groups in total. The monoisotopic (exact) mass is 363 g/mol. The van der Waals surface area contributed by atoms with E-state index in [0.29, 0.717) is 0 Å². The van der Waals surface area contributed by atoms with Crippen LogP contribution in [0.15, 0.2) is 42.5 Å². The smallest absolute Gasteiger partial charge is 0.407 e. The zero-order valence-corrected chi connectivity index (χ0v) is 15.5. The number of carbonyl (C=O) groups is 3. The summed E-state index contributed by atoms with van der Waals surface area (Å²) in [5.74, 6) is -1.11. The molecule has 26 heavy (non-hydrogen) atoms. The van der Waals surface area contributed by atoms with Crippen LogP contribution in [0.1, 0.15) is 32.8 Å². The van der Waals surface area contributed by atoms with E-state index in [1.165, 1.54) is 13.2 Å². The van der Waals surface area contributed by atoms with Crippen LogP contribution >= 0.6 is 0 Å². The molecule has 1 aromatic rings. The van der Waals surface area contributed by atoms with Gasteiger partial charge in [-0.2, -0.15) is 0 Å². The van der Waals surface area contributed by atoms with Crippen molar-refractivity contribution in [1.82, 2.24) is 5.32 Å². The summed E-state index contributed by atoms with van der Waals surface area (Å²) >= 11 is 0. The molecule has 0 aromatic heterocycles. The van der Waals surface area contributed by atoms with Gasteiger partial charge in [0.15, 0.2) is 0 Å². The lowest BCUT2D eigenvalue weighted by Crippen LogP contribution is -2.37. The molecule has 0 radical (unpaired) electrons. The summed E-state index contributed by atoms with van der Waals surface area (Å²) in [5.41, 5.74) is 0.179. The first-order valence-electron chi connectivity index (χ1n) is 8.15. The third-order valence-corrected chi connectivity index (χ3v) is 2.99. The maximum atomic E-state index is 12.0. The van der Waals surface area contributed by atoms with Gasteiger partial charge < -0.3 is 19.5 Å². The number of hydrogen-bond donors (Lipinski definition) is 1. The molecule has 0 saturated heterocycles. The fourth-order valence-electron chi connectivity index (χ4n) is 1.91. The molecule has 0 bridgehead atoms. The fraction of sp³-hybridized carbons (Fsp3) is 0.421. The van der Waals surface area contributed by atoms with Crippen molar-refractivity contribution in [3.05, 3.63) is 48.0 Å². The minimum absolute atomic E-state index is 0.0898. The number of nitrogens with one attached hydrogen (secondary N) is 1. The van der Waals surface area contributed by atoms with Gasteiger partial charge in [-0.1, -0.05) is 36.4 Å². The van der Waals surface area contributed by atoms with Crippen molar-refractivity contribution in [3.63, 3.8) is 0 Å². The molecule has 142 valence electrons. The molecule has 0 saturated carbocycles. The average Bonchev–Trinajstić information content (AvgIpc) is 2.56. The average molecular weight is 363 g/mol. The lowest BCUT2D eigenvalue weighted by atomic mass is 10.1. The standard InChI is InChI=1S/C19H25NO6/c1-19(2,3)26-17(22)12-15(10-11-16(21)24-4)20-18(23)25-13-14-8-6-5-7-9-14/h5-11,15H,12-13H2,1-4H3,(H,20,23)/b11-10+/t15-/m1/s1.